The Bertz CT molecular complexity index is 1190. The number of aromatic nitrogens is 1. The third kappa shape index (κ3) is 4.97. The Morgan fingerprint density at radius 1 is 1.15 bits per heavy atom. The minimum atomic E-state index is -1.08. The maximum Gasteiger partial charge on any atom is 0.121 e. The lowest BCUT2D eigenvalue weighted by molar-refractivity contribution is 0.0322. The lowest BCUT2D eigenvalue weighted by Crippen LogP contribution is -2.38. The van der Waals surface area contributed by atoms with Crippen LogP contribution in [0.5, 0.6) is 5.75 Å². The summed E-state index contributed by atoms with van der Waals surface area (Å²) in [6.07, 6.45) is 1.68. The Hall–Kier alpha value is -2.86. The normalized spacial score (nSPS) is 15.2. The Morgan fingerprint density at radius 3 is 2.50 bits per heavy atom. The zero-order chi connectivity index (χ0) is 24.1. The van der Waals surface area contributed by atoms with E-state index in [0.717, 1.165) is 73.0 Å². The zero-order valence-electron chi connectivity index (χ0n) is 20.1. The smallest absolute Gasteiger partial charge is 0.121 e. The highest BCUT2D eigenvalue weighted by Gasteiger charge is 2.19. The molecule has 7 nitrogen and oxygen atoms in total. The van der Waals surface area contributed by atoms with Gasteiger partial charge in [-0.05, 0) is 43.7 Å². The van der Waals surface area contributed by atoms with Crippen LogP contribution in [0, 0.1) is 11.3 Å². The van der Waals surface area contributed by atoms with Crippen molar-refractivity contribution < 1.29 is 13.7 Å². The molecule has 0 amide bonds. The van der Waals surface area contributed by atoms with Crippen molar-refractivity contribution in [3.8, 4) is 23.1 Å². The molecule has 0 saturated carbocycles. The van der Waals surface area contributed by atoms with Crippen LogP contribution in [-0.4, -0.2) is 65.9 Å². The fourth-order valence-corrected chi connectivity index (χ4v) is 5.36. The average Bonchev–Trinajstić information content (AvgIpc) is 3.18. The topological polar surface area (TPSA) is 70.7 Å². The van der Waals surface area contributed by atoms with Crippen molar-refractivity contribution in [2.45, 2.75) is 20.4 Å². The molecule has 0 aliphatic carbocycles. The van der Waals surface area contributed by atoms with Crippen LogP contribution in [0.25, 0.3) is 22.2 Å². The van der Waals surface area contributed by atoms with Gasteiger partial charge in [-0.15, -0.1) is 0 Å². The second-order valence-electron chi connectivity index (χ2n) is 8.23. The summed E-state index contributed by atoms with van der Waals surface area (Å²) in [4.78, 5) is 2.35. The third-order valence-corrected chi connectivity index (χ3v) is 7.36. The molecule has 1 aliphatic rings. The lowest BCUT2D eigenvalue weighted by Gasteiger charge is -2.26. The van der Waals surface area contributed by atoms with Gasteiger partial charge in [-0.25, -0.2) is 4.21 Å². The maximum atomic E-state index is 12.0. The fourth-order valence-electron chi connectivity index (χ4n) is 4.58. The van der Waals surface area contributed by atoms with E-state index >= 15 is 0 Å². The number of rotatable bonds is 9. The minimum Gasteiger partial charge on any atom is -0.492 e. The third-order valence-electron chi connectivity index (χ3n) is 6.27. The molecule has 0 bridgehead atoms. The molecule has 8 heteroatoms. The number of benzene rings is 2. The van der Waals surface area contributed by atoms with Crippen LogP contribution in [-0.2, 0) is 22.3 Å². The summed E-state index contributed by atoms with van der Waals surface area (Å²) in [7, 11) is -1.08. The molecule has 180 valence electrons. The molecule has 34 heavy (non-hydrogen) atoms. The molecule has 3 aromatic rings. The number of nitrogens with zero attached hydrogens (tertiary/aromatic N) is 4. The largest absolute Gasteiger partial charge is 0.492 e. The zero-order valence-corrected chi connectivity index (χ0v) is 20.9. The van der Waals surface area contributed by atoms with Crippen molar-refractivity contribution in [1.29, 1.82) is 5.26 Å². The summed E-state index contributed by atoms with van der Waals surface area (Å²) >= 11 is 0. The number of ether oxygens (including phenoxy) is 2. The SMILES string of the molecule is CCN(c1ccc(-c2c(C#N)c3ccc(OCCN4CCOCC4)cc3n2CC)cc1)S(C)=O. The molecule has 1 fully saturated rings. The van der Waals surface area contributed by atoms with E-state index in [1.165, 1.54) is 0 Å². The number of fused-ring (bicyclic) bond motifs is 1. The van der Waals surface area contributed by atoms with E-state index in [2.05, 4.69) is 22.5 Å². The molecular formula is C26H32N4O3S. The van der Waals surface area contributed by atoms with Gasteiger partial charge in [0, 0.05) is 56.1 Å². The predicted molar refractivity (Wildman–Crippen MR) is 138 cm³/mol. The van der Waals surface area contributed by atoms with Crippen molar-refractivity contribution in [3.05, 3.63) is 48.0 Å². The number of morpholine rings is 1. The van der Waals surface area contributed by atoms with Gasteiger partial charge in [0.1, 0.15) is 29.4 Å². The van der Waals surface area contributed by atoms with Gasteiger partial charge >= 0.3 is 0 Å². The van der Waals surface area contributed by atoms with Gasteiger partial charge in [0.15, 0.2) is 0 Å². The second-order valence-corrected chi connectivity index (χ2v) is 9.51. The molecule has 1 unspecified atom stereocenters. The highest BCUT2D eigenvalue weighted by atomic mass is 32.2. The predicted octanol–water partition coefficient (Wildman–Crippen LogP) is 4.03. The van der Waals surface area contributed by atoms with E-state index in [1.54, 1.807) is 6.26 Å². The Labute approximate surface area is 204 Å². The van der Waals surface area contributed by atoms with Gasteiger partial charge in [0.05, 0.1) is 30.0 Å². The number of nitriles is 1. The van der Waals surface area contributed by atoms with E-state index < -0.39 is 11.0 Å². The number of hydrogen-bond acceptors (Lipinski definition) is 5. The summed E-state index contributed by atoms with van der Waals surface area (Å²) in [6.45, 7) is 10.4. The van der Waals surface area contributed by atoms with Gasteiger partial charge in [0.2, 0.25) is 0 Å². The molecule has 0 radical (unpaired) electrons. The van der Waals surface area contributed by atoms with E-state index in [0.29, 0.717) is 18.7 Å². The lowest BCUT2D eigenvalue weighted by atomic mass is 10.1. The van der Waals surface area contributed by atoms with Crippen molar-refractivity contribution in [2.75, 3.05) is 56.6 Å². The van der Waals surface area contributed by atoms with Crippen LogP contribution in [0.15, 0.2) is 42.5 Å². The van der Waals surface area contributed by atoms with Crippen molar-refractivity contribution >= 4 is 27.6 Å². The second kappa shape index (κ2) is 11.0. The molecule has 1 aliphatic heterocycles. The average molecular weight is 481 g/mol. The molecular weight excluding hydrogens is 448 g/mol. The van der Waals surface area contributed by atoms with E-state index in [4.69, 9.17) is 9.47 Å². The van der Waals surface area contributed by atoms with E-state index in [9.17, 15) is 9.47 Å². The van der Waals surface area contributed by atoms with Crippen molar-refractivity contribution in [2.24, 2.45) is 0 Å². The fraction of sp³-hybridized carbons (Fsp3) is 0.423. The number of anilines is 1. The molecule has 4 rings (SSSR count). The molecule has 2 aromatic carbocycles. The first-order chi connectivity index (χ1) is 16.6. The highest BCUT2D eigenvalue weighted by Crippen LogP contribution is 2.36. The van der Waals surface area contributed by atoms with Crippen molar-refractivity contribution in [3.63, 3.8) is 0 Å². The quantitative estimate of drug-likeness (QED) is 0.462. The van der Waals surface area contributed by atoms with Crippen molar-refractivity contribution in [1.82, 2.24) is 9.47 Å². The first-order valence-corrected chi connectivity index (χ1v) is 13.3. The first-order valence-electron chi connectivity index (χ1n) is 11.8. The molecule has 1 aromatic heterocycles. The summed E-state index contributed by atoms with van der Waals surface area (Å²) < 4.78 is 27.5. The summed E-state index contributed by atoms with van der Waals surface area (Å²) in [5.41, 5.74) is 4.42. The van der Waals surface area contributed by atoms with Crippen LogP contribution < -0.4 is 9.04 Å². The van der Waals surface area contributed by atoms with Gasteiger partial charge < -0.3 is 14.0 Å². The Balaban J connectivity index is 1.63. The van der Waals surface area contributed by atoms with Gasteiger partial charge in [-0.2, -0.15) is 5.26 Å². The van der Waals surface area contributed by atoms with Gasteiger partial charge in [-0.1, -0.05) is 12.1 Å². The molecule has 0 spiro atoms. The molecule has 1 saturated heterocycles. The maximum absolute atomic E-state index is 12.0. The summed E-state index contributed by atoms with van der Waals surface area (Å²) in [6, 6.07) is 16.4. The standard InChI is InChI=1S/C26H32N4O3S/c1-4-29-25-18-22(33-17-14-28-12-15-32-16-13-28)10-11-23(25)24(19-27)26(29)20-6-8-21(9-7-20)30(5-2)34(3)31/h6-11,18H,4-5,12-17H2,1-3H3. The monoisotopic (exact) mass is 480 g/mol. The van der Waals surface area contributed by atoms with Gasteiger partial charge in [-0.3, -0.25) is 9.21 Å². The Kier molecular flexibility index (Phi) is 7.88. The number of hydrogen-bond donors (Lipinski definition) is 0. The number of aryl methyl sites for hydroxylation is 1. The Morgan fingerprint density at radius 2 is 1.88 bits per heavy atom. The molecule has 0 N–H and O–H groups in total. The van der Waals surface area contributed by atoms with Crippen LogP contribution in [0.3, 0.4) is 0 Å². The molecule has 2 heterocycles. The van der Waals surface area contributed by atoms with Crippen LogP contribution in [0.4, 0.5) is 5.69 Å². The first kappa shape index (κ1) is 24.3. The summed E-state index contributed by atoms with van der Waals surface area (Å²) in [5.74, 6) is 0.809. The molecule has 1 atom stereocenters. The van der Waals surface area contributed by atoms with Crippen LogP contribution in [0.2, 0.25) is 0 Å². The van der Waals surface area contributed by atoms with Gasteiger partial charge in [0.25, 0.3) is 0 Å². The minimum absolute atomic E-state index is 0.616. The summed E-state index contributed by atoms with van der Waals surface area (Å²) in [5, 5.41) is 11.0. The van der Waals surface area contributed by atoms with Crippen LogP contribution in [0.1, 0.15) is 19.4 Å². The highest BCUT2D eigenvalue weighted by molar-refractivity contribution is 7.85. The van der Waals surface area contributed by atoms with Crippen LogP contribution >= 0.6 is 0 Å². The van der Waals surface area contributed by atoms with E-state index in [1.807, 2.05) is 53.7 Å². The van der Waals surface area contributed by atoms with E-state index in [-0.39, 0.29) is 0 Å².